The first-order chi connectivity index (χ1) is 9.99. The fraction of sp³-hybridized carbons (Fsp3) is 0.571. The second-order valence-electron chi connectivity index (χ2n) is 5.22. The van der Waals surface area contributed by atoms with Crippen molar-refractivity contribution in [2.24, 2.45) is 12.9 Å². The third kappa shape index (κ3) is 3.12. The molecule has 0 fully saturated rings. The Morgan fingerprint density at radius 3 is 2.67 bits per heavy atom. The molecule has 2 aromatic rings. The van der Waals surface area contributed by atoms with Crippen LogP contribution in [0.3, 0.4) is 0 Å². The van der Waals surface area contributed by atoms with Crippen LogP contribution < -0.4 is 11.3 Å². The first-order valence-corrected chi connectivity index (χ1v) is 7.53. The van der Waals surface area contributed by atoms with E-state index in [2.05, 4.69) is 22.5 Å². The van der Waals surface area contributed by atoms with E-state index in [0.29, 0.717) is 5.02 Å². The van der Waals surface area contributed by atoms with Gasteiger partial charge >= 0.3 is 0 Å². The maximum atomic E-state index is 6.25. The van der Waals surface area contributed by atoms with Gasteiger partial charge in [-0.05, 0) is 39.2 Å². The van der Waals surface area contributed by atoms with Crippen LogP contribution in [0.25, 0.3) is 0 Å². The summed E-state index contributed by atoms with van der Waals surface area (Å²) in [7, 11) is 1.97. The molecule has 21 heavy (non-hydrogen) atoms. The molecule has 116 valence electrons. The highest BCUT2D eigenvalue weighted by molar-refractivity contribution is 6.31. The van der Waals surface area contributed by atoms with Crippen LogP contribution in [0.15, 0.2) is 6.20 Å². The zero-order valence-corrected chi connectivity index (χ0v) is 13.8. The number of aromatic nitrogens is 4. The monoisotopic (exact) mass is 310 g/mol. The van der Waals surface area contributed by atoms with Gasteiger partial charge in [-0.2, -0.15) is 10.2 Å². The summed E-state index contributed by atoms with van der Waals surface area (Å²) in [5.74, 6) is 5.73. The third-order valence-corrected chi connectivity index (χ3v) is 4.30. The smallest absolute Gasteiger partial charge is 0.0834 e. The normalized spacial score (nSPS) is 12.9. The Balaban J connectivity index is 2.18. The molecule has 2 rings (SSSR count). The minimum Gasteiger partial charge on any atom is -0.272 e. The summed E-state index contributed by atoms with van der Waals surface area (Å²) in [6.07, 6.45) is 3.41. The average molecular weight is 311 g/mol. The van der Waals surface area contributed by atoms with E-state index in [0.717, 1.165) is 30.8 Å². The second kappa shape index (κ2) is 6.60. The van der Waals surface area contributed by atoms with Gasteiger partial charge < -0.3 is 0 Å². The summed E-state index contributed by atoms with van der Waals surface area (Å²) in [6.45, 7) is 6.93. The molecule has 0 spiro atoms. The lowest BCUT2D eigenvalue weighted by molar-refractivity contribution is 0.466. The molecule has 0 amide bonds. The van der Waals surface area contributed by atoms with Gasteiger partial charge in [-0.25, -0.2) is 0 Å². The molecule has 1 atom stereocenters. The van der Waals surface area contributed by atoms with Crippen LogP contribution in [0.1, 0.15) is 42.0 Å². The van der Waals surface area contributed by atoms with Crippen molar-refractivity contribution >= 4 is 11.6 Å². The standard InChI is InChI=1S/C14H23ClN6/c1-5-21-14(12(15)8-17-21)13(18-16)7-6-11-9(2)19-20(4)10(11)3/h8,13,18H,5-7,16H2,1-4H3. The fourth-order valence-electron chi connectivity index (χ4n) is 2.74. The number of halogens is 1. The molecule has 6 nitrogen and oxygen atoms in total. The van der Waals surface area contributed by atoms with Crippen LogP contribution >= 0.6 is 11.6 Å². The lowest BCUT2D eigenvalue weighted by Crippen LogP contribution is -2.30. The third-order valence-electron chi connectivity index (χ3n) is 4.01. The fourth-order valence-corrected chi connectivity index (χ4v) is 3.01. The van der Waals surface area contributed by atoms with Gasteiger partial charge in [0.1, 0.15) is 0 Å². The first-order valence-electron chi connectivity index (χ1n) is 7.16. The Bertz CT molecular complexity index is 615. The van der Waals surface area contributed by atoms with Gasteiger partial charge in [0.05, 0.1) is 28.6 Å². The van der Waals surface area contributed by atoms with Crippen molar-refractivity contribution in [2.75, 3.05) is 0 Å². The Hall–Kier alpha value is -1.37. The molecule has 3 N–H and O–H groups in total. The molecular formula is C14H23ClN6. The minimum atomic E-state index is -0.0287. The van der Waals surface area contributed by atoms with Crippen molar-refractivity contribution in [1.29, 1.82) is 0 Å². The SMILES string of the molecule is CCn1ncc(Cl)c1C(CCc1c(C)nn(C)c1C)NN. The van der Waals surface area contributed by atoms with Crippen LogP contribution in [0, 0.1) is 13.8 Å². The number of nitrogens with zero attached hydrogens (tertiary/aromatic N) is 4. The maximum absolute atomic E-state index is 6.25. The Kier molecular flexibility index (Phi) is 5.03. The Morgan fingerprint density at radius 2 is 2.14 bits per heavy atom. The highest BCUT2D eigenvalue weighted by atomic mass is 35.5. The largest absolute Gasteiger partial charge is 0.272 e. The molecular weight excluding hydrogens is 288 g/mol. The zero-order valence-electron chi connectivity index (χ0n) is 13.0. The van der Waals surface area contributed by atoms with Crippen LogP contribution in [0.5, 0.6) is 0 Å². The van der Waals surface area contributed by atoms with E-state index in [1.807, 2.05) is 30.3 Å². The van der Waals surface area contributed by atoms with Crippen LogP contribution in [0.2, 0.25) is 5.02 Å². The molecule has 7 heteroatoms. The second-order valence-corrected chi connectivity index (χ2v) is 5.63. The van der Waals surface area contributed by atoms with E-state index in [1.54, 1.807) is 6.20 Å². The van der Waals surface area contributed by atoms with Crippen molar-refractivity contribution in [2.45, 2.75) is 46.2 Å². The van der Waals surface area contributed by atoms with Crippen LogP contribution in [-0.2, 0) is 20.0 Å². The number of hydrogen-bond acceptors (Lipinski definition) is 4. The number of hydrogen-bond donors (Lipinski definition) is 2. The highest BCUT2D eigenvalue weighted by Gasteiger charge is 2.20. The van der Waals surface area contributed by atoms with E-state index in [-0.39, 0.29) is 6.04 Å². The van der Waals surface area contributed by atoms with Gasteiger partial charge in [-0.15, -0.1) is 0 Å². The number of rotatable bonds is 6. The van der Waals surface area contributed by atoms with Crippen LogP contribution in [0.4, 0.5) is 0 Å². The van der Waals surface area contributed by atoms with Gasteiger partial charge in [-0.1, -0.05) is 11.6 Å². The van der Waals surface area contributed by atoms with Gasteiger partial charge in [-0.3, -0.25) is 20.6 Å². The van der Waals surface area contributed by atoms with E-state index in [9.17, 15) is 0 Å². The maximum Gasteiger partial charge on any atom is 0.0834 e. The van der Waals surface area contributed by atoms with E-state index >= 15 is 0 Å². The summed E-state index contributed by atoms with van der Waals surface area (Å²) in [6, 6.07) is -0.0287. The predicted molar refractivity (Wildman–Crippen MR) is 84.0 cm³/mol. The summed E-state index contributed by atoms with van der Waals surface area (Å²) >= 11 is 6.25. The van der Waals surface area contributed by atoms with Gasteiger partial charge in [0.25, 0.3) is 0 Å². The molecule has 1 unspecified atom stereocenters. The lowest BCUT2D eigenvalue weighted by atomic mass is 10.0. The number of nitrogens with two attached hydrogens (primary N) is 1. The number of hydrazine groups is 1. The van der Waals surface area contributed by atoms with E-state index < -0.39 is 0 Å². The van der Waals surface area contributed by atoms with E-state index in [4.69, 9.17) is 17.4 Å². The van der Waals surface area contributed by atoms with Crippen LogP contribution in [-0.4, -0.2) is 19.6 Å². The molecule has 0 aliphatic carbocycles. The molecule has 0 aliphatic heterocycles. The molecule has 0 aliphatic rings. The topological polar surface area (TPSA) is 73.7 Å². The van der Waals surface area contributed by atoms with Crippen molar-refractivity contribution in [1.82, 2.24) is 25.0 Å². The van der Waals surface area contributed by atoms with Crippen molar-refractivity contribution in [3.05, 3.63) is 33.9 Å². The number of nitrogens with one attached hydrogen (secondary N) is 1. The molecule has 2 aromatic heterocycles. The molecule has 0 aromatic carbocycles. The predicted octanol–water partition coefficient (Wildman–Crippen LogP) is 2.04. The minimum absolute atomic E-state index is 0.0287. The molecule has 0 saturated heterocycles. The van der Waals surface area contributed by atoms with Crippen molar-refractivity contribution < 1.29 is 0 Å². The van der Waals surface area contributed by atoms with Gasteiger partial charge in [0.2, 0.25) is 0 Å². The molecule has 0 saturated carbocycles. The van der Waals surface area contributed by atoms with Gasteiger partial charge in [0.15, 0.2) is 0 Å². The quantitative estimate of drug-likeness (QED) is 0.632. The van der Waals surface area contributed by atoms with E-state index in [1.165, 1.54) is 11.3 Å². The summed E-state index contributed by atoms with van der Waals surface area (Å²) in [5, 5.41) is 9.37. The molecule has 2 heterocycles. The molecule has 0 bridgehead atoms. The zero-order chi connectivity index (χ0) is 15.6. The number of aryl methyl sites for hydroxylation is 3. The highest BCUT2D eigenvalue weighted by Crippen LogP contribution is 2.27. The van der Waals surface area contributed by atoms with Crippen molar-refractivity contribution in [3.63, 3.8) is 0 Å². The summed E-state index contributed by atoms with van der Waals surface area (Å²) in [4.78, 5) is 0. The summed E-state index contributed by atoms with van der Waals surface area (Å²) < 4.78 is 3.80. The first kappa shape index (κ1) is 16.0. The molecule has 0 radical (unpaired) electrons. The average Bonchev–Trinajstić information content (AvgIpc) is 2.94. The lowest BCUT2D eigenvalue weighted by Gasteiger charge is -2.18. The van der Waals surface area contributed by atoms with Crippen molar-refractivity contribution in [3.8, 4) is 0 Å². The Morgan fingerprint density at radius 1 is 1.43 bits per heavy atom. The Labute approximate surface area is 130 Å². The van der Waals surface area contributed by atoms with Gasteiger partial charge in [0, 0.05) is 19.3 Å². The summed E-state index contributed by atoms with van der Waals surface area (Å²) in [5.41, 5.74) is 7.35.